The predicted molar refractivity (Wildman–Crippen MR) is 61.7 cm³/mol. The van der Waals surface area contributed by atoms with Crippen LogP contribution in [-0.4, -0.2) is 42.9 Å². The number of nitrogens with one attached hydrogen (secondary N) is 1. The molecule has 5 nitrogen and oxygen atoms in total. The maximum atomic E-state index is 11.9. The Bertz CT molecular complexity index is 256. The van der Waals surface area contributed by atoms with Gasteiger partial charge in [0.05, 0.1) is 0 Å². The van der Waals surface area contributed by atoms with Gasteiger partial charge in [-0.15, -0.1) is 0 Å². The minimum atomic E-state index is -0.274. The van der Waals surface area contributed by atoms with Gasteiger partial charge in [0.15, 0.2) is 0 Å². The van der Waals surface area contributed by atoms with Crippen LogP contribution in [0.25, 0.3) is 0 Å². The fourth-order valence-electron chi connectivity index (χ4n) is 2.07. The lowest BCUT2D eigenvalue weighted by Gasteiger charge is -2.34. The minimum absolute atomic E-state index is 0.0544. The quantitative estimate of drug-likeness (QED) is 0.701. The van der Waals surface area contributed by atoms with Crippen molar-refractivity contribution in [3.63, 3.8) is 0 Å². The molecule has 1 fully saturated rings. The van der Waals surface area contributed by atoms with E-state index in [2.05, 4.69) is 5.32 Å². The van der Waals surface area contributed by atoms with E-state index in [1.807, 2.05) is 0 Å². The monoisotopic (exact) mass is 227 g/mol. The Morgan fingerprint density at radius 2 is 2.19 bits per heavy atom. The molecule has 2 amide bonds. The van der Waals surface area contributed by atoms with E-state index in [-0.39, 0.29) is 17.9 Å². The zero-order valence-electron chi connectivity index (χ0n) is 9.87. The van der Waals surface area contributed by atoms with Crippen molar-refractivity contribution in [2.45, 2.75) is 38.1 Å². The molecule has 0 bridgehead atoms. The van der Waals surface area contributed by atoms with Crippen molar-refractivity contribution in [3.05, 3.63) is 0 Å². The van der Waals surface area contributed by atoms with Gasteiger partial charge in [-0.1, -0.05) is 0 Å². The van der Waals surface area contributed by atoms with Crippen LogP contribution in [-0.2, 0) is 9.59 Å². The second-order valence-electron chi connectivity index (χ2n) is 4.11. The molecule has 1 atom stereocenters. The first-order valence-corrected chi connectivity index (χ1v) is 5.92. The van der Waals surface area contributed by atoms with E-state index in [0.717, 1.165) is 19.3 Å². The van der Waals surface area contributed by atoms with Crippen molar-refractivity contribution >= 4 is 11.8 Å². The topological polar surface area (TPSA) is 75.4 Å². The molecule has 0 radical (unpaired) electrons. The number of likely N-dealkylation sites (tertiary alicyclic amines) is 1. The van der Waals surface area contributed by atoms with Gasteiger partial charge in [0.25, 0.3) is 0 Å². The molecule has 1 aliphatic rings. The summed E-state index contributed by atoms with van der Waals surface area (Å²) in [6, 6.07) is -0.274. The van der Waals surface area contributed by atoms with Crippen molar-refractivity contribution in [2.24, 2.45) is 5.73 Å². The van der Waals surface area contributed by atoms with E-state index in [1.165, 1.54) is 0 Å². The zero-order chi connectivity index (χ0) is 12.0. The van der Waals surface area contributed by atoms with Gasteiger partial charge < -0.3 is 16.0 Å². The summed E-state index contributed by atoms with van der Waals surface area (Å²) < 4.78 is 0. The fraction of sp³-hybridized carbons (Fsp3) is 0.818. The summed E-state index contributed by atoms with van der Waals surface area (Å²) in [5.74, 6) is -0.000418. The number of rotatable bonds is 4. The van der Waals surface area contributed by atoms with E-state index in [9.17, 15) is 9.59 Å². The molecule has 0 aromatic carbocycles. The van der Waals surface area contributed by atoms with Crippen molar-refractivity contribution in [1.29, 1.82) is 0 Å². The molecule has 1 unspecified atom stereocenters. The Balaban J connectivity index is 2.59. The lowest BCUT2D eigenvalue weighted by Crippen LogP contribution is -2.51. The highest BCUT2D eigenvalue weighted by atomic mass is 16.2. The molecule has 3 N–H and O–H groups in total. The number of nitrogens with two attached hydrogens (primary N) is 1. The van der Waals surface area contributed by atoms with Crippen LogP contribution in [0.15, 0.2) is 0 Å². The molecule has 1 saturated heterocycles. The highest BCUT2D eigenvalue weighted by Crippen LogP contribution is 2.18. The molecular weight excluding hydrogens is 206 g/mol. The van der Waals surface area contributed by atoms with Crippen LogP contribution in [0, 0.1) is 0 Å². The summed E-state index contributed by atoms with van der Waals surface area (Å²) in [6.45, 7) is 1.21. The number of carbonyl (C=O) groups is 2. The standard InChI is InChI=1S/C11H21N3O2/c1-13-11(16)9-5-2-3-8-14(9)10(15)6-4-7-12/h9H,2-8,12H2,1H3,(H,13,16). The Hall–Kier alpha value is -1.10. The summed E-state index contributed by atoms with van der Waals surface area (Å²) >= 11 is 0. The van der Waals surface area contributed by atoms with Crippen LogP contribution in [0.4, 0.5) is 0 Å². The molecule has 0 aliphatic carbocycles. The lowest BCUT2D eigenvalue weighted by atomic mass is 10.0. The smallest absolute Gasteiger partial charge is 0.242 e. The zero-order valence-corrected chi connectivity index (χ0v) is 9.87. The Morgan fingerprint density at radius 3 is 2.81 bits per heavy atom. The average molecular weight is 227 g/mol. The molecule has 1 aliphatic heterocycles. The van der Waals surface area contributed by atoms with Crippen molar-refractivity contribution in [1.82, 2.24) is 10.2 Å². The van der Waals surface area contributed by atoms with Crippen LogP contribution in [0.2, 0.25) is 0 Å². The molecule has 16 heavy (non-hydrogen) atoms. The summed E-state index contributed by atoms with van der Waals surface area (Å²) in [6.07, 6.45) is 3.91. The van der Waals surface area contributed by atoms with Crippen LogP contribution < -0.4 is 11.1 Å². The Kier molecular flexibility index (Phi) is 5.25. The van der Waals surface area contributed by atoms with E-state index >= 15 is 0 Å². The minimum Gasteiger partial charge on any atom is -0.357 e. The van der Waals surface area contributed by atoms with Gasteiger partial charge in [0, 0.05) is 20.0 Å². The molecule has 92 valence electrons. The number of nitrogens with zero attached hydrogens (tertiary/aromatic N) is 1. The molecule has 0 aromatic heterocycles. The number of likely N-dealkylation sites (N-methyl/N-ethyl adjacent to an activating group) is 1. The Morgan fingerprint density at radius 1 is 1.44 bits per heavy atom. The van der Waals surface area contributed by atoms with E-state index in [4.69, 9.17) is 5.73 Å². The molecule has 0 spiro atoms. The predicted octanol–water partition coefficient (Wildman–Crippen LogP) is -0.148. The van der Waals surface area contributed by atoms with Crippen LogP contribution in [0.1, 0.15) is 32.1 Å². The Labute approximate surface area is 96.4 Å². The number of amides is 2. The SMILES string of the molecule is CNC(=O)C1CCCCN1C(=O)CCCN. The average Bonchev–Trinajstić information content (AvgIpc) is 2.35. The second-order valence-corrected chi connectivity index (χ2v) is 4.11. The highest BCUT2D eigenvalue weighted by Gasteiger charge is 2.30. The molecular formula is C11H21N3O2. The van der Waals surface area contributed by atoms with Crippen LogP contribution in [0.3, 0.4) is 0 Å². The molecule has 1 heterocycles. The largest absolute Gasteiger partial charge is 0.357 e. The number of hydrogen-bond donors (Lipinski definition) is 2. The van der Waals surface area contributed by atoms with Crippen molar-refractivity contribution in [3.8, 4) is 0 Å². The van der Waals surface area contributed by atoms with Gasteiger partial charge in [-0.3, -0.25) is 9.59 Å². The molecule has 0 aromatic rings. The van der Waals surface area contributed by atoms with Gasteiger partial charge in [-0.05, 0) is 32.2 Å². The maximum absolute atomic E-state index is 11.9. The first-order chi connectivity index (χ1) is 7.70. The highest BCUT2D eigenvalue weighted by molar-refractivity contribution is 5.87. The number of hydrogen-bond acceptors (Lipinski definition) is 3. The van der Waals surface area contributed by atoms with Crippen LogP contribution >= 0.6 is 0 Å². The lowest BCUT2D eigenvalue weighted by molar-refractivity contribution is -0.142. The summed E-state index contributed by atoms with van der Waals surface area (Å²) in [5, 5.41) is 2.62. The number of piperidine rings is 1. The molecule has 0 saturated carbocycles. The first-order valence-electron chi connectivity index (χ1n) is 5.92. The normalized spacial score (nSPS) is 20.6. The van der Waals surface area contributed by atoms with Gasteiger partial charge in [0.2, 0.25) is 11.8 Å². The third-order valence-electron chi connectivity index (χ3n) is 2.97. The van der Waals surface area contributed by atoms with Gasteiger partial charge in [0.1, 0.15) is 6.04 Å². The van der Waals surface area contributed by atoms with E-state index in [0.29, 0.717) is 25.9 Å². The fourth-order valence-corrected chi connectivity index (χ4v) is 2.07. The van der Waals surface area contributed by atoms with Gasteiger partial charge in [-0.2, -0.15) is 0 Å². The second kappa shape index (κ2) is 6.48. The van der Waals surface area contributed by atoms with Crippen molar-refractivity contribution in [2.75, 3.05) is 20.1 Å². The van der Waals surface area contributed by atoms with Gasteiger partial charge in [-0.25, -0.2) is 0 Å². The van der Waals surface area contributed by atoms with Crippen LogP contribution in [0.5, 0.6) is 0 Å². The van der Waals surface area contributed by atoms with E-state index in [1.54, 1.807) is 11.9 Å². The molecule has 1 rings (SSSR count). The maximum Gasteiger partial charge on any atom is 0.242 e. The third kappa shape index (κ3) is 3.20. The summed E-state index contributed by atoms with van der Waals surface area (Å²) in [4.78, 5) is 25.2. The van der Waals surface area contributed by atoms with Gasteiger partial charge >= 0.3 is 0 Å². The molecule has 5 heteroatoms. The van der Waals surface area contributed by atoms with Crippen molar-refractivity contribution < 1.29 is 9.59 Å². The number of carbonyl (C=O) groups excluding carboxylic acids is 2. The summed E-state index contributed by atoms with van der Waals surface area (Å²) in [7, 11) is 1.61. The summed E-state index contributed by atoms with van der Waals surface area (Å²) in [5.41, 5.74) is 5.38. The first kappa shape index (κ1) is 13.0. The third-order valence-corrected chi connectivity index (χ3v) is 2.97. The van der Waals surface area contributed by atoms with E-state index < -0.39 is 0 Å².